The van der Waals surface area contributed by atoms with Gasteiger partial charge in [0.15, 0.2) is 0 Å². The van der Waals surface area contributed by atoms with Gasteiger partial charge in [-0.1, -0.05) is 51.2 Å². The number of nitrogens with one attached hydrogen (secondary N) is 3. The highest BCUT2D eigenvalue weighted by molar-refractivity contribution is 5.86. The first kappa shape index (κ1) is 23.3. The fourth-order valence-corrected chi connectivity index (χ4v) is 5.28. The van der Waals surface area contributed by atoms with E-state index < -0.39 is 5.66 Å². The maximum atomic E-state index is 13.9. The van der Waals surface area contributed by atoms with Crippen molar-refractivity contribution in [3.05, 3.63) is 48.0 Å². The first-order valence-corrected chi connectivity index (χ1v) is 12.3. The average Bonchev–Trinajstić information content (AvgIpc) is 3.24. The minimum Gasteiger partial charge on any atom is -0.497 e. The van der Waals surface area contributed by atoms with E-state index >= 15 is 0 Å². The van der Waals surface area contributed by atoms with Crippen molar-refractivity contribution in [1.29, 1.82) is 0 Å². The Kier molecular flexibility index (Phi) is 7.31. The number of ether oxygens (including phenoxy) is 2. The number of hydrogen-bond acceptors (Lipinski definition) is 5. The van der Waals surface area contributed by atoms with Crippen molar-refractivity contribution >= 4 is 17.3 Å². The fourth-order valence-electron chi connectivity index (χ4n) is 5.28. The van der Waals surface area contributed by atoms with Gasteiger partial charge in [0.1, 0.15) is 17.2 Å². The molecule has 0 saturated heterocycles. The van der Waals surface area contributed by atoms with Crippen LogP contribution < -0.4 is 25.4 Å². The SMILES string of the molecule is CCCCC(C(=O)NC1CCCCC1)C1(c2ccc(OC)cc2OC)Nc2ccccc2N1. The second-order valence-electron chi connectivity index (χ2n) is 9.21. The van der Waals surface area contributed by atoms with Gasteiger partial charge < -0.3 is 25.4 Å². The maximum absolute atomic E-state index is 13.9. The summed E-state index contributed by atoms with van der Waals surface area (Å²) in [6.07, 6.45) is 8.50. The van der Waals surface area contributed by atoms with Crippen molar-refractivity contribution in [1.82, 2.24) is 5.32 Å². The Hall–Kier alpha value is -2.89. The van der Waals surface area contributed by atoms with E-state index in [1.165, 1.54) is 19.3 Å². The molecule has 1 atom stereocenters. The molecule has 6 heteroatoms. The van der Waals surface area contributed by atoms with E-state index in [1.807, 2.05) is 30.3 Å². The molecule has 1 aliphatic heterocycles. The molecule has 1 aliphatic carbocycles. The molecular formula is C27H37N3O3. The van der Waals surface area contributed by atoms with Crippen LogP contribution in [0.15, 0.2) is 42.5 Å². The van der Waals surface area contributed by atoms with E-state index in [0.29, 0.717) is 5.75 Å². The van der Waals surface area contributed by atoms with Gasteiger partial charge >= 0.3 is 0 Å². The summed E-state index contributed by atoms with van der Waals surface area (Å²) in [6.45, 7) is 2.17. The molecule has 3 N–H and O–H groups in total. The number of para-hydroxylation sites is 2. The van der Waals surface area contributed by atoms with E-state index in [-0.39, 0.29) is 17.9 Å². The minimum absolute atomic E-state index is 0.0982. The summed E-state index contributed by atoms with van der Waals surface area (Å²) in [5.74, 6) is 1.18. The highest BCUT2D eigenvalue weighted by atomic mass is 16.5. The van der Waals surface area contributed by atoms with Gasteiger partial charge in [0.05, 0.1) is 31.5 Å². The third-order valence-electron chi connectivity index (χ3n) is 7.06. The van der Waals surface area contributed by atoms with Crippen LogP contribution in [0.3, 0.4) is 0 Å². The lowest BCUT2D eigenvalue weighted by molar-refractivity contribution is -0.127. The zero-order chi connectivity index (χ0) is 23.3. The zero-order valence-corrected chi connectivity index (χ0v) is 20.1. The summed E-state index contributed by atoms with van der Waals surface area (Å²) in [7, 11) is 3.31. The molecule has 6 nitrogen and oxygen atoms in total. The van der Waals surface area contributed by atoms with Crippen molar-refractivity contribution in [3.63, 3.8) is 0 Å². The third-order valence-corrected chi connectivity index (χ3v) is 7.06. The number of anilines is 2. The zero-order valence-electron chi connectivity index (χ0n) is 20.1. The van der Waals surface area contributed by atoms with Crippen LogP contribution in [0.5, 0.6) is 11.5 Å². The molecular weight excluding hydrogens is 414 g/mol. The predicted octanol–water partition coefficient (Wildman–Crippen LogP) is 5.65. The molecule has 0 spiro atoms. The Morgan fingerprint density at radius 3 is 2.36 bits per heavy atom. The van der Waals surface area contributed by atoms with Gasteiger partial charge in [0, 0.05) is 17.7 Å². The normalized spacial score (nSPS) is 17.9. The highest BCUT2D eigenvalue weighted by Crippen LogP contribution is 2.48. The van der Waals surface area contributed by atoms with Gasteiger partial charge in [-0.05, 0) is 43.5 Å². The lowest BCUT2D eigenvalue weighted by atomic mass is 9.81. The quantitative estimate of drug-likeness (QED) is 0.460. The van der Waals surface area contributed by atoms with E-state index in [1.54, 1.807) is 14.2 Å². The molecule has 33 heavy (non-hydrogen) atoms. The van der Waals surface area contributed by atoms with Crippen LogP contribution in [-0.2, 0) is 10.5 Å². The standard InChI is InChI=1S/C27H37N3O3/c1-4-5-13-22(26(31)28-19-11-7-6-8-12-19)27(29-23-14-9-10-15-24(23)30-27)21-17-16-20(32-2)18-25(21)33-3/h9-10,14-19,22,29-30H,4-8,11-13H2,1-3H3,(H,28,31). The maximum Gasteiger partial charge on any atom is 0.227 e. The number of carbonyl (C=O) groups is 1. The highest BCUT2D eigenvalue weighted by Gasteiger charge is 2.49. The van der Waals surface area contributed by atoms with Crippen molar-refractivity contribution in [2.45, 2.75) is 70.0 Å². The van der Waals surface area contributed by atoms with Crippen LogP contribution in [0.2, 0.25) is 0 Å². The van der Waals surface area contributed by atoms with Gasteiger partial charge in [0.25, 0.3) is 0 Å². The van der Waals surface area contributed by atoms with Crippen LogP contribution in [-0.4, -0.2) is 26.2 Å². The van der Waals surface area contributed by atoms with E-state index in [9.17, 15) is 4.79 Å². The lowest BCUT2D eigenvalue weighted by Gasteiger charge is -2.40. The molecule has 1 unspecified atom stereocenters. The molecule has 1 fully saturated rings. The number of benzene rings is 2. The van der Waals surface area contributed by atoms with Gasteiger partial charge in [0.2, 0.25) is 5.91 Å². The number of carbonyl (C=O) groups excluding carboxylic acids is 1. The molecule has 4 rings (SSSR count). The monoisotopic (exact) mass is 451 g/mol. The van der Waals surface area contributed by atoms with Crippen LogP contribution in [0.25, 0.3) is 0 Å². The molecule has 1 amide bonds. The summed E-state index contributed by atoms with van der Waals surface area (Å²) in [5.41, 5.74) is 2.06. The Labute approximate surface area is 197 Å². The Bertz CT molecular complexity index is 930. The van der Waals surface area contributed by atoms with Gasteiger partial charge in [-0.3, -0.25) is 4.79 Å². The molecule has 0 aromatic heterocycles. The van der Waals surface area contributed by atoms with E-state index in [2.05, 4.69) is 35.0 Å². The first-order valence-electron chi connectivity index (χ1n) is 12.3. The Morgan fingerprint density at radius 2 is 1.76 bits per heavy atom. The molecule has 2 aliphatic rings. The third kappa shape index (κ3) is 4.75. The predicted molar refractivity (Wildman–Crippen MR) is 133 cm³/mol. The average molecular weight is 452 g/mol. The van der Waals surface area contributed by atoms with Crippen molar-refractivity contribution in [2.24, 2.45) is 5.92 Å². The number of unbranched alkanes of at least 4 members (excludes halogenated alkanes) is 1. The summed E-state index contributed by atoms with van der Waals surface area (Å²) >= 11 is 0. The lowest BCUT2D eigenvalue weighted by Crippen LogP contribution is -2.54. The topological polar surface area (TPSA) is 71.6 Å². The van der Waals surface area contributed by atoms with E-state index in [0.717, 1.165) is 54.8 Å². The van der Waals surface area contributed by atoms with Crippen LogP contribution in [0.1, 0.15) is 63.9 Å². The number of fused-ring (bicyclic) bond motifs is 1. The second-order valence-corrected chi connectivity index (χ2v) is 9.21. The molecule has 1 saturated carbocycles. The minimum atomic E-state index is -0.824. The number of amides is 1. The van der Waals surface area contributed by atoms with Crippen LogP contribution in [0.4, 0.5) is 11.4 Å². The molecule has 0 radical (unpaired) electrons. The number of hydrogen-bond donors (Lipinski definition) is 3. The van der Waals surface area contributed by atoms with Crippen molar-refractivity contribution < 1.29 is 14.3 Å². The molecule has 0 bridgehead atoms. The van der Waals surface area contributed by atoms with Gasteiger partial charge in [-0.25, -0.2) is 0 Å². The summed E-state index contributed by atoms with van der Waals surface area (Å²) in [4.78, 5) is 13.9. The van der Waals surface area contributed by atoms with Crippen molar-refractivity contribution in [3.8, 4) is 11.5 Å². The fraction of sp³-hybridized carbons (Fsp3) is 0.519. The Balaban J connectivity index is 1.77. The summed E-state index contributed by atoms with van der Waals surface area (Å²) < 4.78 is 11.3. The summed E-state index contributed by atoms with van der Waals surface area (Å²) in [6, 6.07) is 14.2. The smallest absolute Gasteiger partial charge is 0.227 e. The van der Waals surface area contributed by atoms with Crippen LogP contribution >= 0.6 is 0 Å². The van der Waals surface area contributed by atoms with E-state index in [4.69, 9.17) is 9.47 Å². The molecule has 2 aromatic carbocycles. The molecule has 2 aromatic rings. The van der Waals surface area contributed by atoms with Crippen LogP contribution in [0, 0.1) is 5.92 Å². The van der Waals surface area contributed by atoms with Gasteiger partial charge in [-0.15, -0.1) is 0 Å². The largest absolute Gasteiger partial charge is 0.497 e. The first-order chi connectivity index (χ1) is 16.1. The molecule has 1 heterocycles. The van der Waals surface area contributed by atoms with Gasteiger partial charge in [-0.2, -0.15) is 0 Å². The Morgan fingerprint density at radius 1 is 1.06 bits per heavy atom. The number of rotatable bonds is 9. The molecule has 178 valence electrons. The summed E-state index contributed by atoms with van der Waals surface area (Å²) in [5, 5.41) is 10.8. The second kappa shape index (κ2) is 10.4. The van der Waals surface area contributed by atoms with Crippen molar-refractivity contribution in [2.75, 3.05) is 24.9 Å². The number of methoxy groups -OCH3 is 2.